The number of nitrogens with zero attached hydrogens (tertiary/aromatic N) is 2. The number of methoxy groups -OCH3 is 1. The van der Waals surface area contributed by atoms with Crippen LogP contribution in [0.15, 0.2) is 30.3 Å². The second-order valence-corrected chi connectivity index (χ2v) is 5.92. The van der Waals surface area contributed by atoms with Crippen LogP contribution in [0.25, 0.3) is 0 Å². The molecule has 1 heterocycles. The van der Waals surface area contributed by atoms with E-state index in [1.54, 1.807) is 7.11 Å². The fourth-order valence-corrected chi connectivity index (χ4v) is 1.94. The summed E-state index contributed by atoms with van der Waals surface area (Å²) in [6.45, 7) is 8.23. The molecule has 1 aromatic carbocycles. The van der Waals surface area contributed by atoms with Gasteiger partial charge < -0.3 is 15.4 Å². The topological polar surface area (TPSA) is 59.1 Å². The molecular formula is C16H22N4O. The van der Waals surface area contributed by atoms with Crippen molar-refractivity contribution < 1.29 is 4.74 Å². The predicted molar refractivity (Wildman–Crippen MR) is 86.4 cm³/mol. The van der Waals surface area contributed by atoms with Crippen LogP contribution in [0.5, 0.6) is 5.75 Å². The molecule has 2 aromatic rings. The first-order valence-corrected chi connectivity index (χ1v) is 6.91. The minimum Gasteiger partial charge on any atom is -0.495 e. The number of aromatic nitrogens is 2. The molecule has 0 radical (unpaired) electrons. The fraction of sp³-hybridized carbons (Fsp3) is 0.375. The maximum absolute atomic E-state index is 5.32. The van der Waals surface area contributed by atoms with Gasteiger partial charge in [0.25, 0.3) is 0 Å². The summed E-state index contributed by atoms with van der Waals surface area (Å²) < 4.78 is 5.32. The van der Waals surface area contributed by atoms with Crippen molar-refractivity contribution in [1.29, 1.82) is 0 Å². The van der Waals surface area contributed by atoms with Crippen molar-refractivity contribution in [2.75, 3.05) is 17.7 Å². The molecule has 0 saturated carbocycles. The van der Waals surface area contributed by atoms with Gasteiger partial charge in [-0.2, -0.15) is 4.98 Å². The smallest absolute Gasteiger partial charge is 0.229 e. The minimum atomic E-state index is -0.0531. The van der Waals surface area contributed by atoms with E-state index in [1.807, 2.05) is 37.3 Å². The molecule has 0 atom stereocenters. The van der Waals surface area contributed by atoms with Crippen LogP contribution in [0.1, 0.15) is 26.5 Å². The lowest BCUT2D eigenvalue weighted by molar-refractivity contribution is 0.417. The van der Waals surface area contributed by atoms with E-state index in [2.05, 4.69) is 41.4 Å². The SMILES string of the molecule is COc1ccccc1Nc1nc(C)cc(NC(C)(C)C)n1. The molecule has 21 heavy (non-hydrogen) atoms. The molecule has 0 aliphatic carbocycles. The lowest BCUT2D eigenvalue weighted by Crippen LogP contribution is -2.27. The molecular weight excluding hydrogens is 264 g/mol. The van der Waals surface area contributed by atoms with Gasteiger partial charge >= 0.3 is 0 Å². The number of para-hydroxylation sites is 2. The van der Waals surface area contributed by atoms with Crippen molar-refractivity contribution in [2.24, 2.45) is 0 Å². The second kappa shape index (κ2) is 5.99. The highest BCUT2D eigenvalue weighted by atomic mass is 16.5. The van der Waals surface area contributed by atoms with E-state index >= 15 is 0 Å². The molecule has 0 fully saturated rings. The van der Waals surface area contributed by atoms with Crippen molar-refractivity contribution in [2.45, 2.75) is 33.2 Å². The lowest BCUT2D eigenvalue weighted by Gasteiger charge is -2.22. The van der Waals surface area contributed by atoms with Crippen molar-refractivity contribution in [3.63, 3.8) is 0 Å². The Bertz CT molecular complexity index is 620. The summed E-state index contributed by atoms with van der Waals surface area (Å²) in [5.74, 6) is 2.10. The van der Waals surface area contributed by atoms with Crippen molar-refractivity contribution in [3.8, 4) is 5.75 Å². The summed E-state index contributed by atoms with van der Waals surface area (Å²) in [5.41, 5.74) is 1.68. The average molecular weight is 286 g/mol. The van der Waals surface area contributed by atoms with Crippen LogP contribution in [-0.4, -0.2) is 22.6 Å². The van der Waals surface area contributed by atoms with E-state index in [9.17, 15) is 0 Å². The monoisotopic (exact) mass is 286 g/mol. The molecule has 0 bridgehead atoms. The van der Waals surface area contributed by atoms with E-state index in [0.29, 0.717) is 5.95 Å². The van der Waals surface area contributed by atoms with Gasteiger partial charge in [-0.3, -0.25) is 0 Å². The normalized spacial score (nSPS) is 11.1. The zero-order valence-corrected chi connectivity index (χ0v) is 13.2. The molecule has 5 heteroatoms. The van der Waals surface area contributed by atoms with E-state index in [1.165, 1.54) is 0 Å². The number of hydrogen-bond donors (Lipinski definition) is 2. The molecule has 0 saturated heterocycles. The first-order chi connectivity index (χ1) is 9.87. The van der Waals surface area contributed by atoms with Crippen molar-refractivity contribution >= 4 is 17.5 Å². The largest absolute Gasteiger partial charge is 0.495 e. The Morgan fingerprint density at radius 3 is 2.48 bits per heavy atom. The van der Waals surface area contributed by atoms with Crippen molar-refractivity contribution in [3.05, 3.63) is 36.0 Å². The molecule has 0 unspecified atom stereocenters. The van der Waals surface area contributed by atoms with Crippen LogP contribution in [0.2, 0.25) is 0 Å². The Morgan fingerprint density at radius 1 is 1.10 bits per heavy atom. The van der Waals surface area contributed by atoms with Crippen LogP contribution in [0.3, 0.4) is 0 Å². The maximum Gasteiger partial charge on any atom is 0.229 e. The number of anilines is 3. The number of aryl methyl sites for hydroxylation is 1. The van der Waals surface area contributed by atoms with Crippen LogP contribution >= 0.6 is 0 Å². The summed E-state index contributed by atoms with van der Waals surface area (Å²) in [5, 5.41) is 6.56. The van der Waals surface area contributed by atoms with Crippen LogP contribution < -0.4 is 15.4 Å². The Balaban J connectivity index is 2.28. The highest BCUT2D eigenvalue weighted by Gasteiger charge is 2.12. The second-order valence-electron chi connectivity index (χ2n) is 5.92. The standard InChI is InChI=1S/C16H22N4O/c1-11-10-14(20-16(2,3)4)19-15(17-11)18-12-8-6-7-9-13(12)21-5/h6-10H,1-5H3,(H2,17,18,19,20). The van der Waals surface area contributed by atoms with E-state index in [4.69, 9.17) is 4.74 Å². The molecule has 1 aromatic heterocycles. The third kappa shape index (κ3) is 4.34. The van der Waals surface area contributed by atoms with Crippen LogP contribution in [0, 0.1) is 6.92 Å². The zero-order valence-electron chi connectivity index (χ0n) is 13.2. The molecule has 0 amide bonds. The Labute approximate surface area is 125 Å². The van der Waals surface area contributed by atoms with Gasteiger partial charge in [-0.15, -0.1) is 0 Å². The molecule has 0 aliphatic heterocycles. The molecule has 2 rings (SSSR count). The summed E-state index contributed by atoms with van der Waals surface area (Å²) in [7, 11) is 1.64. The minimum absolute atomic E-state index is 0.0531. The van der Waals surface area contributed by atoms with Crippen LogP contribution in [-0.2, 0) is 0 Å². The molecule has 112 valence electrons. The Kier molecular flexibility index (Phi) is 4.31. The van der Waals surface area contributed by atoms with E-state index in [-0.39, 0.29) is 5.54 Å². The van der Waals surface area contributed by atoms with Crippen LogP contribution in [0.4, 0.5) is 17.5 Å². The number of rotatable bonds is 4. The number of hydrogen-bond acceptors (Lipinski definition) is 5. The quantitative estimate of drug-likeness (QED) is 0.896. The average Bonchev–Trinajstić information content (AvgIpc) is 2.36. The summed E-state index contributed by atoms with van der Waals surface area (Å²) in [4.78, 5) is 8.92. The summed E-state index contributed by atoms with van der Waals surface area (Å²) in [6.07, 6.45) is 0. The van der Waals surface area contributed by atoms with Crippen molar-refractivity contribution in [1.82, 2.24) is 9.97 Å². The number of benzene rings is 1. The predicted octanol–water partition coefficient (Wildman–Crippen LogP) is 3.75. The van der Waals surface area contributed by atoms with Gasteiger partial charge in [0.2, 0.25) is 5.95 Å². The van der Waals surface area contributed by atoms with Gasteiger partial charge in [-0.05, 0) is 39.8 Å². The first kappa shape index (κ1) is 15.1. The zero-order chi connectivity index (χ0) is 15.5. The molecule has 0 spiro atoms. The Morgan fingerprint density at radius 2 is 1.81 bits per heavy atom. The van der Waals surface area contributed by atoms with Gasteiger partial charge in [-0.25, -0.2) is 4.98 Å². The third-order valence-electron chi connectivity index (χ3n) is 2.71. The van der Waals surface area contributed by atoms with E-state index < -0.39 is 0 Å². The first-order valence-electron chi connectivity index (χ1n) is 6.91. The number of nitrogens with one attached hydrogen (secondary N) is 2. The number of ether oxygens (including phenoxy) is 1. The van der Waals surface area contributed by atoms with E-state index in [0.717, 1.165) is 22.9 Å². The molecule has 5 nitrogen and oxygen atoms in total. The Hall–Kier alpha value is -2.30. The summed E-state index contributed by atoms with van der Waals surface area (Å²) >= 11 is 0. The molecule has 2 N–H and O–H groups in total. The third-order valence-corrected chi connectivity index (χ3v) is 2.71. The van der Waals surface area contributed by atoms with Gasteiger partial charge in [0.05, 0.1) is 12.8 Å². The van der Waals surface area contributed by atoms with Gasteiger partial charge in [0.1, 0.15) is 11.6 Å². The highest BCUT2D eigenvalue weighted by Crippen LogP contribution is 2.26. The maximum atomic E-state index is 5.32. The van der Waals surface area contributed by atoms with Gasteiger partial charge in [-0.1, -0.05) is 12.1 Å². The highest BCUT2D eigenvalue weighted by molar-refractivity contribution is 5.63. The van der Waals surface area contributed by atoms with Gasteiger partial charge in [0.15, 0.2) is 0 Å². The fourth-order valence-electron chi connectivity index (χ4n) is 1.94. The molecule has 0 aliphatic rings. The lowest BCUT2D eigenvalue weighted by atomic mass is 10.1. The summed E-state index contributed by atoms with van der Waals surface area (Å²) in [6, 6.07) is 9.62. The van der Waals surface area contributed by atoms with Gasteiger partial charge in [0, 0.05) is 17.3 Å².